The molecule has 0 fully saturated rings. The standard InChI is InChI=1S/C9H11F4N/c1-8(2,3)14-4-6(7(10)5-14)9(11,12)13/h4-5H,1-3H3. The van der Waals surface area contributed by atoms with E-state index in [-0.39, 0.29) is 0 Å². The fourth-order valence-corrected chi connectivity index (χ4v) is 1.03. The third kappa shape index (κ3) is 2.08. The summed E-state index contributed by atoms with van der Waals surface area (Å²) in [5, 5.41) is 0. The van der Waals surface area contributed by atoms with Crippen LogP contribution in [-0.4, -0.2) is 4.57 Å². The molecule has 1 aromatic heterocycles. The van der Waals surface area contributed by atoms with Crippen LogP contribution in [0.25, 0.3) is 0 Å². The van der Waals surface area contributed by atoms with Gasteiger partial charge in [-0.05, 0) is 20.8 Å². The molecule has 0 aromatic carbocycles. The highest BCUT2D eigenvalue weighted by atomic mass is 19.4. The lowest BCUT2D eigenvalue weighted by Gasteiger charge is -2.20. The molecule has 0 aliphatic rings. The molecule has 1 heterocycles. The van der Waals surface area contributed by atoms with Crippen molar-refractivity contribution < 1.29 is 17.6 Å². The molecule has 0 aliphatic heterocycles. The number of rotatable bonds is 0. The summed E-state index contributed by atoms with van der Waals surface area (Å²) in [7, 11) is 0. The molecule has 5 heteroatoms. The molecular weight excluding hydrogens is 198 g/mol. The minimum atomic E-state index is -4.62. The van der Waals surface area contributed by atoms with Crippen molar-refractivity contribution in [1.82, 2.24) is 4.57 Å². The lowest BCUT2D eigenvalue weighted by molar-refractivity contribution is -0.139. The largest absolute Gasteiger partial charge is 0.420 e. The minimum absolute atomic E-state index is 0.551. The van der Waals surface area contributed by atoms with Crippen molar-refractivity contribution in [2.45, 2.75) is 32.5 Å². The SMILES string of the molecule is CC(C)(C)n1cc(F)c(C(F)(F)F)c1. The van der Waals surface area contributed by atoms with E-state index in [0.717, 1.165) is 12.4 Å². The van der Waals surface area contributed by atoms with Crippen molar-refractivity contribution >= 4 is 0 Å². The highest BCUT2D eigenvalue weighted by Gasteiger charge is 2.36. The molecule has 0 atom stereocenters. The maximum atomic E-state index is 12.9. The number of alkyl halides is 3. The Morgan fingerprint density at radius 3 is 1.79 bits per heavy atom. The molecule has 0 bridgehead atoms. The maximum absolute atomic E-state index is 12.9. The van der Waals surface area contributed by atoms with Crippen molar-refractivity contribution in [3.63, 3.8) is 0 Å². The second-order valence-electron chi connectivity index (χ2n) is 4.10. The first kappa shape index (κ1) is 11.1. The lowest BCUT2D eigenvalue weighted by atomic mass is 10.1. The van der Waals surface area contributed by atoms with E-state index in [9.17, 15) is 17.6 Å². The van der Waals surface area contributed by atoms with Crippen molar-refractivity contribution in [2.75, 3.05) is 0 Å². The van der Waals surface area contributed by atoms with Crippen molar-refractivity contribution in [3.05, 3.63) is 23.8 Å². The van der Waals surface area contributed by atoms with Gasteiger partial charge in [0, 0.05) is 17.9 Å². The van der Waals surface area contributed by atoms with Crippen molar-refractivity contribution in [3.8, 4) is 0 Å². The van der Waals surface area contributed by atoms with Crippen LogP contribution in [0.3, 0.4) is 0 Å². The van der Waals surface area contributed by atoms with E-state index >= 15 is 0 Å². The molecule has 0 radical (unpaired) electrons. The van der Waals surface area contributed by atoms with Crippen LogP contribution < -0.4 is 0 Å². The number of halogens is 4. The van der Waals surface area contributed by atoms with E-state index in [1.165, 1.54) is 4.57 Å². The quantitative estimate of drug-likeness (QED) is 0.577. The molecule has 0 unspecified atom stereocenters. The molecule has 0 saturated carbocycles. The molecule has 14 heavy (non-hydrogen) atoms. The van der Waals surface area contributed by atoms with E-state index in [1.54, 1.807) is 20.8 Å². The monoisotopic (exact) mass is 209 g/mol. The normalized spacial score (nSPS) is 13.4. The zero-order valence-corrected chi connectivity index (χ0v) is 8.11. The first-order valence-electron chi connectivity index (χ1n) is 4.07. The third-order valence-corrected chi connectivity index (χ3v) is 1.86. The van der Waals surface area contributed by atoms with E-state index in [1.807, 2.05) is 0 Å². The Kier molecular flexibility index (Phi) is 2.37. The van der Waals surface area contributed by atoms with Gasteiger partial charge in [-0.1, -0.05) is 0 Å². The van der Waals surface area contributed by atoms with Crippen LogP contribution in [0.4, 0.5) is 17.6 Å². The van der Waals surface area contributed by atoms with Crippen LogP contribution in [0.15, 0.2) is 12.4 Å². The Balaban J connectivity index is 3.19. The van der Waals surface area contributed by atoms with E-state index < -0.39 is 23.1 Å². The van der Waals surface area contributed by atoms with Crippen LogP contribution in [0.1, 0.15) is 26.3 Å². The van der Waals surface area contributed by atoms with Gasteiger partial charge >= 0.3 is 6.18 Å². The van der Waals surface area contributed by atoms with Crippen LogP contribution >= 0.6 is 0 Å². The smallest absolute Gasteiger partial charge is 0.345 e. The summed E-state index contributed by atoms with van der Waals surface area (Å²) in [5.41, 5.74) is -1.77. The number of hydrogen-bond donors (Lipinski definition) is 0. The molecule has 1 rings (SSSR count). The summed E-state index contributed by atoms with van der Waals surface area (Å²) in [6.07, 6.45) is -2.97. The van der Waals surface area contributed by atoms with Gasteiger partial charge in [0.25, 0.3) is 0 Å². The molecule has 1 aromatic rings. The predicted octanol–water partition coefficient (Wildman–Crippen LogP) is 3.40. The average Bonchev–Trinajstić information content (AvgIpc) is 2.27. The predicted molar refractivity (Wildman–Crippen MR) is 44.4 cm³/mol. The summed E-state index contributed by atoms with van der Waals surface area (Å²) in [6.45, 7) is 5.10. The Morgan fingerprint density at radius 1 is 1.07 bits per heavy atom. The van der Waals surface area contributed by atoms with Crippen LogP contribution in [0.2, 0.25) is 0 Å². The van der Waals surface area contributed by atoms with Gasteiger partial charge in [0.1, 0.15) is 5.56 Å². The summed E-state index contributed by atoms with van der Waals surface area (Å²) in [6, 6.07) is 0. The summed E-state index contributed by atoms with van der Waals surface area (Å²) < 4.78 is 50.7. The van der Waals surface area contributed by atoms with Gasteiger partial charge in [0.2, 0.25) is 0 Å². The van der Waals surface area contributed by atoms with Gasteiger partial charge in [0.15, 0.2) is 5.82 Å². The summed E-state index contributed by atoms with van der Waals surface area (Å²) in [5.74, 6) is -1.23. The zero-order chi connectivity index (χ0) is 11.1. The molecule has 0 N–H and O–H groups in total. The Morgan fingerprint density at radius 2 is 1.57 bits per heavy atom. The fraction of sp³-hybridized carbons (Fsp3) is 0.556. The van der Waals surface area contributed by atoms with Gasteiger partial charge in [-0.15, -0.1) is 0 Å². The first-order chi connectivity index (χ1) is 6.12. The maximum Gasteiger partial charge on any atom is 0.420 e. The summed E-state index contributed by atoms with van der Waals surface area (Å²) in [4.78, 5) is 0. The van der Waals surface area contributed by atoms with E-state index in [4.69, 9.17) is 0 Å². The molecule has 0 spiro atoms. The molecule has 0 amide bonds. The van der Waals surface area contributed by atoms with Gasteiger partial charge in [0.05, 0.1) is 0 Å². The van der Waals surface area contributed by atoms with Gasteiger partial charge in [-0.2, -0.15) is 13.2 Å². The number of aromatic nitrogens is 1. The van der Waals surface area contributed by atoms with E-state index in [0.29, 0.717) is 0 Å². The van der Waals surface area contributed by atoms with Crippen molar-refractivity contribution in [1.29, 1.82) is 0 Å². The highest BCUT2D eigenvalue weighted by Crippen LogP contribution is 2.33. The lowest BCUT2D eigenvalue weighted by Crippen LogP contribution is -2.19. The number of nitrogens with zero attached hydrogens (tertiary/aromatic N) is 1. The topological polar surface area (TPSA) is 4.93 Å². The first-order valence-corrected chi connectivity index (χ1v) is 4.07. The second-order valence-corrected chi connectivity index (χ2v) is 4.10. The van der Waals surface area contributed by atoms with Gasteiger partial charge < -0.3 is 4.57 Å². The second kappa shape index (κ2) is 3.00. The zero-order valence-electron chi connectivity index (χ0n) is 8.11. The fourth-order valence-electron chi connectivity index (χ4n) is 1.03. The average molecular weight is 209 g/mol. The molecular formula is C9H11F4N. The molecule has 0 saturated heterocycles. The van der Waals surface area contributed by atoms with Crippen LogP contribution in [0, 0.1) is 5.82 Å². The molecule has 80 valence electrons. The molecule has 0 aliphatic carbocycles. The Labute approximate surface area is 79.3 Å². The number of hydrogen-bond acceptors (Lipinski definition) is 0. The van der Waals surface area contributed by atoms with E-state index in [2.05, 4.69) is 0 Å². The summed E-state index contributed by atoms with van der Waals surface area (Å²) >= 11 is 0. The highest BCUT2D eigenvalue weighted by molar-refractivity contribution is 5.18. The van der Waals surface area contributed by atoms with Crippen LogP contribution in [-0.2, 0) is 11.7 Å². The van der Waals surface area contributed by atoms with Gasteiger partial charge in [-0.25, -0.2) is 4.39 Å². The third-order valence-electron chi connectivity index (χ3n) is 1.86. The Hall–Kier alpha value is -1.00. The Bertz CT molecular complexity index is 330. The minimum Gasteiger partial charge on any atom is -0.345 e. The van der Waals surface area contributed by atoms with Gasteiger partial charge in [-0.3, -0.25) is 0 Å². The van der Waals surface area contributed by atoms with Crippen LogP contribution in [0.5, 0.6) is 0 Å². The van der Waals surface area contributed by atoms with Crippen molar-refractivity contribution in [2.24, 2.45) is 0 Å². The molecule has 1 nitrogen and oxygen atoms in total.